The molecule has 1 aliphatic carbocycles. The molecule has 3 N–H and O–H groups in total. The molecule has 1 aliphatic rings. The van der Waals surface area contributed by atoms with Crippen molar-refractivity contribution in [2.45, 2.75) is 50.0 Å². The Labute approximate surface area is 112 Å². The second kappa shape index (κ2) is 5.96. The van der Waals surface area contributed by atoms with Gasteiger partial charge in [-0.2, -0.15) is 4.37 Å². The molecular weight excluding hydrogens is 250 g/mol. The summed E-state index contributed by atoms with van der Waals surface area (Å²) in [7, 11) is 0. The van der Waals surface area contributed by atoms with E-state index in [0.717, 1.165) is 15.8 Å². The van der Waals surface area contributed by atoms with E-state index in [1.807, 2.05) is 0 Å². The lowest BCUT2D eigenvalue weighted by molar-refractivity contribution is 0.457. The van der Waals surface area contributed by atoms with Crippen LogP contribution in [0, 0.1) is 5.92 Å². The maximum atomic E-state index is 5.86. The normalized spacial score (nSPS) is 25.5. The zero-order valence-electron chi connectivity index (χ0n) is 10.5. The number of thioether (sulfide) groups is 1. The van der Waals surface area contributed by atoms with Gasteiger partial charge in [-0.25, -0.2) is 0 Å². The molecule has 0 bridgehead atoms. The predicted molar refractivity (Wildman–Crippen MR) is 78.0 cm³/mol. The SMILES string of the molecule is CSc1c(N)nsc1NC1CCCCCC1C. The van der Waals surface area contributed by atoms with Crippen molar-refractivity contribution in [2.24, 2.45) is 5.92 Å². The highest BCUT2D eigenvalue weighted by atomic mass is 32.2. The lowest BCUT2D eigenvalue weighted by atomic mass is 9.97. The van der Waals surface area contributed by atoms with Gasteiger partial charge in [-0.1, -0.05) is 26.2 Å². The summed E-state index contributed by atoms with van der Waals surface area (Å²) in [5.74, 6) is 1.42. The van der Waals surface area contributed by atoms with Crippen LogP contribution in [0.3, 0.4) is 0 Å². The summed E-state index contributed by atoms with van der Waals surface area (Å²) in [5, 5.41) is 4.83. The molecule has 2 unspecified atom stereocenters. The minimum atomic E-state index is 0.586. The lowest BCUT2D eigenvalue weighted by Crippen LogP contribution is -2.25. The van der Waals surface area contributed by atoms with E-state index >= 15 is 0 Å². The summed E-state index contributed by atoms with van der Waals surface area (Å²) in [4.78, 5) is 1.12. The van der Waals surface area contributed by atoms with Gasteiger partial charge in [0.25, 0.3) is 0 Å². The maximum absolute atomic E-state index is 5.86. The second-order valence-corrected chi connectivity index (χ2v) is 6.39. The Morgan fingerprint density at radius 3 is 2.88 bits per heavy atom. The van der Waals surface area contributed by atoms with E-state index in [-0.39, 0.29) is 0 Å². The lowest BCUT2D eigenvalue weighted by Gasteiger charge is -2.23. The molecule has 1 aromatic rings. The van der Waals surface area contributed by atoms with E-state index in [4.69, 9.17) is 5.73 Å². The molecule has 2 atom stereocenters. The first-order valence-corrected chi connectivity index (χ1v) is 8.28. The number of nitrogen functional groups attached to an aromatic ring is 1. The quantitative estimate of drug-likeness (QED) is 0.648. The van der Waals surface area contributed by atoms with Gasteiger partial charge in [-0.15, -0.1) is 11.8 Å². The van der Waals surface area contributed by atoms with Crippen molar-refractivity contribution in [1.29, 1.82) is 0 Å². The average Bonchev–Trinajstić information content (AvgIpc) is 2.54. The molecule has 1 heterocycles. The van der Waals surface area contributed by atoms with E-state index in [9.17, 15) is 0 Å². The molecule has 0 aliphatic heterocycles. The number of aromatic nitrogens is 1. The Hall–Kier alpha value is -0.420. The van der Waals surface area contributed by atoms with Gasteiger partial charge in [0.05, 0.1) is 4.90 Å². The molecule has 1 aromatic heterocycles. The fourth-order valence-electron chi connectivity index (χ4n) is 2.46. The van der Waals surface area contributed by atoms with E-state index in [1.54, 1.807) is 11.8 Å². The first kappa shape index (κ1) is 13.0. The van der Waals surface area contributed by atoms with Gasteiger partial charge in [0.1, 0.15) is 5.00 Å². The minimum absolute atomic E-state index is 0.586. The van der Waals surface area contributed by atoms with Crippen molar-refractivity contribution >= 4 is 34.1 Å². The molecule has 0 saturated heterocycles. The van der Waals surface area contributed by atoms with Crippen LogP contribution < -0.4 is 11.1 Å². The number of rotatable bonds is 3. The monoisotopic (exact) mass is 271 g/mol. The Morgan fingerprint density at radius 1 is 1.35 bits per heavy atom. The van der Waals surface area contributed by atoms with Crippen molar-refractivity contribution in [3.05, 3.63) is 0 Å². The van der Waals surface area contributed by atoms with Gasteiger partial charge in [0.15, 0.2) is 5.82 Å². The zero-order valence-corrected chi connectivity index (χ0v) is 12.2. The number of nitrogens with two attached hydrogens (primary N) is 1. The second-order valence-electron chi connectivity index (χ2n) is 4.80. The summed E-state index contributed by atoms with van der Waals surface area (Å²) in [6.45, 7) is 2.35. The van der Waals surface area contributed by atoms with Crippen molar-refractivity contribution in [2.75, 3.05) is 17.3 Å². The fourth-order valence-corrected chi connectivity index (χ4v) is 4.05. The highest BCUT2D eigenvalue weighted by molar-refractivity contribution is 7.99. The van der Waals surface area contributed by atoms with Gasteiger partial charge < -0.3 is 11.1 Å². The van der Waals surface area contributed by atoms with E-state index in [1.165, 1.54) is 43.6 Å². The Morgan fingerprint density at radius 2 is 2.12 bits per heavy atom. The van der Waals surface area contributed by atoms with Gasteiger partial charge in [-0.3, -0.25) is 0 Å². The van der Waals surface area contributed by atoms with Crippen LogP contribution in [0.1, 0.15) is 39.0 Å². The smallest absolute Gasteiger partial charge is 0.153 e. The molecule has 5 heteroatoms. The number of hydrogen-bond donors (Lipinski definition) is 2. The Balaban J connectivity index is 2.07. The van der Waals surface area contributed by atoms with E-state index in [2.05, 4.69) is 22.9 Å². The van der Waals surface area contributed by atoms with Crippen LogP contribution in [0.5, 0.6) is 0 Å². The zero-order chi connectivity index (χ0) is 12.3. The molecule has 96 valence electrons. The molecule has 1 fully saturated rings. The number of anilines is 2. The van der Waals surface area contributed by atoms with Crippen LogP contribution in [0.25, 0.3) is 0 Å². The third kappa shape index (κ3) is 3.07. The van der Waals surface area contributed by atoms with Gasteiger partial charge >= 0.3 is 0 Å². The van der Waals surface area contributed by atoms with Crippen molar-refractivity contribution in [3.8, 4) is 0 Å². The molecule has 2 rings (SSSR count). The molecular formula is C12H21N3S2. The number of hydrogen-bond acceptors (Lipinski definition) is 5. The molecule has 0 aromatic carbocycles. The molecule has 3 nitrogen and oxygen atoms in total. The minimum Gasteiger partial charge on any atom is -0.382 e. The van der Waals surface area contributed by atoms with E-state index in [0.29, 0.717) is 11.9 Å². The number of nitrogens with one attached hydrogen (secondary N) is 1. The van der Waals surface area contributed by atoms with Gasteiger partial charge in [0, 0.05) is 6.04 Å². The van der Waals surface area contributed by atoms with Gasteiger partial charge in [-0.05, 0) is 36.5 Å². The molecule has 0 amide bonds. The summed E-state index contributed by atoms with van der Waals surface area (Å²) in [6.07, 6.45) is 8.75. The predicted octanol–water partition coefficient (Wildman–Crippen LogP) is 3.83. The molecule has 0 spiro atoms. The first-order valence-electron chi connectivity index (χ1n) is 6.28. The maximum Gasteiger partial charge on any atom is 0.153 e. The van der Waals surface area contributed by atoms with Crippen LogP contribution in [0.15, 0.2) is 4.90 Å². The van der Waals surface area contributed by atoms with E-state index < -0.39 is 0 Å². The number of nitrogens with zero attached hydrogens (tertiary/aromatic N) is 1. The Bertz CT molecular complexity index is 365. The molecule has 0 radical (unpaired) electrons. The molecule has 17 heavy (non-hydrogen) atoms. The summed E-state index contributed by atoms with van der Waals surface area (Å²) < 4.78 is 4.24. The van der Waals surface area contributed by atoms with Gasteiger partial charge in [0.2, 0.25) is 0 Å². The summed E-state index contributed by atoms with van der Waals surface area (Å²) >= 11 is 3.18. The summed E-state index contributed by atoms with van der Waals surface area (Å²) in [6, 6.07) is 0.586. The standard InChI is InChI=1S/C12H21N3S2/c1-8-6-4-3-5-7-9(8)14-12-10(16-2)11(13)15-17-12/h8-9,14H,3-7H2,1-2H3,(H2,13,15). The largest absolute Gasteiger partial charge is 0.382 e. The topological polar surface area (TPSA) is 50.9 Å². The van der Waals surface area contributed by atoms with Crippen molar-refractivity contribution in [3.63, 3.8) is 0 Å². The van der Waals surface area contributed by atoms with Crippen molar-refractivity contribution < 1.29 is 0 Å². The van der Waals surface area contributed by atoms with Crippen LogP contribution in [0.2, 0.25) is 0 Å². The third-order valence-electron chi connectivity index (χ3n) is 3.56. The Kier molecular flexibility index (Phi) is 4.56. The third-order valence-corrected chi connectivity index (χ3v) is 5.30. The summed E-state index contributed by atoms with van der Waals surface area (Å²) in [5.41, 5.74) is 5.86. The highest BCUT2D eigenvalue weighted by Crippen LogP contribution is 2.37. The van der Waals surface area contributed by atoms with Crippen LogP contribution in [-0.2, 0) is 0 Å². The highest BCUT2D eigenvalue weighted by Gasteiger charge is 2.22. The fraction of sp³-hybridized carbons (Fsp3) is 0.750. The first-order chi connectivity index (χ1) is 8.22. The van der Waals surface area contributed by atoms with Crippen molar-refractivity contribution in [1.82, 2.24) is 4.37 Å². The molecule has 1 saturated carbocycles. The van der Waals surface area contributed by atoms with Crippen LogP contribution >= 0.6 is 23.3 Å². The average molecular weight is 271 g/mol. The van der Waals surface area contributed by atoms with Crippen LogP contribution in [0.4, 0.5) is 10.8 Å². The van der Waals surface area contributed by atoms with Crippen LogP contribution in [-0.4, -0.2) is 16.7 Å².